The Morgan fingerprint density at radius 3 is 2.37 bits per heavy atom. The second-order valence-electron chi connectivity index (χ2n) is 5.51. The molecule has 2 rings (SSSR count). The Morgan fingerprint density at radius 1 is 1.23 bits per heavy atom. The molecule has 156 valence electrons. The molecule has 0 aliphatic heterocycles. The summed E-state index contributed by atoms with van der Waals surface area (Å²) in [5.41, 5.74) is -2.00. The summed E-state index contributed by atoms with van der Waals surface area (Å²) in [7, 11) is -4.90. The van der Waals surface area contributed by atoms with Crippen molar-refractivity contribution in [3.8, 4) is 0 Å². The zero-order chi connectivity index (χ0) is 22.0. The summed E-state index contributed by atoms with van der Waals surface area (Å²) in [5, 5.41) is 17.6. The molecule has 2 aromatic carbocycles. The third-order valence-corrected chi connectivity index (χ3v) is 4.75. The van der Waals surface area contributed by atoms with E-state index in [1.165, 1.54) is 6.92 Å². The molecule has 0 heterocycles. The van der Waals surface area contributed by atoms with Gasteiger partial charge in [-0.1, -0.05) is 16.8 Å². The van der Waals surface area contributed by atoms with Crippen molar-refractivity contribution in [2.45, 2.75) is 18.0 Å². The van der Waals surface area contributed by atoms with Gasteiger partial charge in [-0.2, -0.15) is 13.2 Å². The Morgan fingerprint density at radius 2 is 1.87 bits per heavy atom. The predicted octanol–water partition coefficient (Wildman–Crippen LogP) is 1.49. The van der Waals surface area contributed by atoms with Crippen LogP contribution in [-0.2, 0) is 16.3 Å². The molecule has 0 atom stereocenters. The molecule has 0 fully saturated rings. The number of halogens is 4. The van der Waals surface area contributed by atoms with Gasteiger partial charge < -0.3 is 9.66 Å². The van der Waals surface area contributed by atoms with Crippen LogP contribution in [0.25, 0.3) is 0 Å². The van der Waals surface area contributed by atoms with E-state index in [9.17, 15) is 36.0 Å². The third-order valence-electron chi connectivity index (χ3n) is 3.60. The Balaban J connectivity index is 0.00000450. The summed E-state index contributed by atoms with van der Waals surface area (Å²) in [5.74, 6) is -1.55. The number of carbonyl (C=O) groups is 1. The van der Waals surface area contributed by atoms with Crippen LogP contribution in [0.2, 0.25) is 5.02 Å². The Bertz CT molecular complexity index is 1080. The van der Waals surface area contributed by atoms with Crippen molar-refractivity contribution < 1.29 is 65.6 Å². The van der Waals surface area contributed by atoms with Crippen molar-refractivity contribution in [1.82, 2.24) is 0 Å². The van der Waals surface area contributed by atoms with Crippen LogP contribution in [0.4, 0.5) is 24.5 Å². The number of nitrogens with zero attached hydrogens (tertiary/aromatic N) is 3. The van der Waals surface area contributed by atoms with E-state index in [0.717, 1.165) is 29.3 Å². The van der Waals surface area contributed by atoms with Crippen LogP contribution in [0.1, 0.15) is 22.8 Å². The van der Waals surface area contributed by atoms with Crippen molar-refractivity contribution in [3.05, 3.63) is 52.5 Å². The van der Waals surface area contributed by atoms with Crippen molar-refractivity contribution in [1.29, 1.82) is 0 Å². The number of hydrogen-bond acceptors (Lipinski definition) is 6. The number of aromatic carboxylic acids is 1. The maximum atomic E-state index is 12.8. The van der Waals surface area contributed by atoms with Crippen LogP contribution >= 0.6 is 11.6 Å². The minimum absolute atomic E-state index is 0. The maximum Gasteiger partial charge on any atom is 1.00 e. The molecule has 0 aromatic heterocycles. The van der Waals surface area contributed by atoms with Crippen molar-refractivity contribution in [2.24, 2.45) is 10.3 Å². The van der Waals surface area contributed by atoms with Gasteiger partial charge in [-0.3, -0.25) is 0 Å². The zero-order valence-electron chi connectivity index (χ0n) is 15.5. The van der Waals surface area contributed by atoms with Crippen LogP contribution < -0.4 is 34.6 Å². The van der Waals surface area contributed by atoms with Crippen LogP contribution in [0.15, 0.2) is 51.6 Å². The first kappa shape index (κ1) is 26.3. The van der Waals surface area contributed by atoms with Crippen molar-refractivity contribution in [3.63, 3.8) is 0 Å². The number of anilines is 1. The molecular weight excluding hydrogens is 462 g/mol. The molecule has 30 heavy (non-hydrogen) atoms. The van der Waals surface area contributed by atoms with Gasteiger partial charge in [0.2, 0.25) is 0 Å². The molecule has 0 radical (unpaired) electrons. The summed E-state index contributed by atoms with van der Waals surface area (Å²) >= 11 is 5.84. The summed E-state index contributed by atoms with van der Waals surface area (Å²) in [6.45, 7) is 1.56. The molecule has 0 saturated carbocycles. The molecule has 0 unspecified atom stereocenters. The quantitative estimate of drug-likeness (QED) is 0.293. The minimum Gasteiger partial charge on any atom is -0.744 e. The zero-order valence-corrected chi connectivity index (χ0v) is 19.1. The van der Waals surface area contributed by atoms with Gasteiger partial charge in [-0.25, -0.2) is 18.2 Å². The Labute approximate surface area is 196 Å². The van der Waals surface area contributed by atoms with E-state index in [4.69, 9.17) is 11.6 Å². The second kappa shape index (κ2) is 10.1. The monoisotopic (exact) mass is 473 g/mol. The van der Waals surface area contributed by atoms with Crippen LogP contribution in [-0.4, -0.2) is 30.6 Å². The van der Waals surface area contributed by atoms with E-state index >= 15 is 0 Å². The van der Waals surface area contributed by atoms with E-state index in [-0.39, 0.29) is 52.5 Å². The van der Waals surface area contributed by atoms with Crippen molar-refractivity contribution in [2.75, 3.05) is 11.6 Å². The van der Waals surface area contributed by atoms with E-state index < -0.39 is 38.3 Å². The van der Waals surface area contributed by atoms with Crippen LogP contribution in [0.5, 0.6) is 0 Å². The first-order valence-corrected chi connectivity index (χ1v) is 9.52. The number of alkyl halides is 3. The maximum absolute atomic E-state index is 12.8. The molecule has 0 aliphatic rings. The number of hydrogen-bond donors (Lipinski definition) is 1. The number of carboxylic acids is 1. The van der Waals surface area contributed by atoms with Gasteiger partial charge in [0, 0.05) is 6.54 Å². The predicted molar refractivity (Wildman–Crippen MR) is 95.4 cm³/mol. The minimum atomic E-state index is -4.90. The van der Waals surface area contributed by atoms with E-state index in [0.29, 0.717) is 12.1 Å². The van der Waals surface area contributed by atoms with E-state index in [1.807, 2.05) is 0 Å². The van der Waals surface area contributed by atoms with Gasteiger partial charge in [0.15, 0.2) is 0 Å². The summed E-state index contributed by atoms with van der Waals surface area (Å²) < 4.78 is 71.8. The van der Waals surface area contributed by atoms with Crippen LogP contribution in [0.3, 0.4) is 0 Å². The number of rotatable bonds is 6. The molecule has 0 saturated heterocycles. The van der Waals surface area contributed by atoms with Gasteiger partial charge in [0.1, 0.15) is 15.8 Å². The molecule has 8 nitrogen and oxygen atoms in total. The third kappa shape index (κ3) is 6.40. The molecular formula is C16H12ClF3N3NaO5S. The Hall–Kier alpha value is -1.70. The fourth-order valence-corrected chi connectivity index (χ4v) is 2.87. The van der Waals surface area contributed by atoms with E-state index in [1.54, 1.807) is 0 Å². The van der Waals surface area contributed by atoms with Gasteiger partial charge in [-0.15, -0.1) is 5.11 Å². The fraction of sp³-hybridized carbons (Fsp3) is 0.188. The summed E-state index contributed by atoms with van der Waals surface area (Å²) in [4.78, 5) is 10.7. The average Bonchev–Trinajstić information content (AvgIpc) is 2.61. The fourth-order valence-electron chi connectivity index (χ4n) is 2.22. The average molecular weight is 474 g/mol. The molecule has 0 aliphatic carbocycles. The van der Waals surface area contributed by atoms with Gasteiger partial charge in [0.25, 0.3) is 0 Å². The largest absolute Gasteiger partial charge is 1.00 e. The summed E-state index contributed by atoms with van der Waals surface area (Å²) in [6, 6.07) is 5.01. The first-order chi connectivity index (χ1) is 13.3. The SMILES string of the molecule is CCN(N=Nc1cc(C(F)(F)F)ccc1Cl)c1ccc(S(=O)(=O)[O-])cc1C(=O)O.[Na+]. The second-order valence-corrected chi connectivity index (χ2v) is 7.29. The standard InChI is InChI=1S/C16H13ClF3N3O5S.Na/c1-2-23(14-6-4-10(29(26,27)28)8-11(14)15(24)25)22-21-13-7-9(16(18,19)20)3-5-12(13)17;/h3-8H,2H2,1H3,(H,24,25)(H,26,27,28);/q;+1/p-1. The van der Waals surface area contributed by atoms with Gasteiger partial charge >= 0.3 is 41.7 Å². The summed E-state index contributed by atoms with van der Waals surface area (Å²) in [6.07, 6.45) is -4.63. The van der Waals surface area contributed by atoms with Crippen molar-refractivity contribution >= 4 is 39.1 Å². The van der Waals surface area contributed by atoms with Gasteiger partial charge in [0.05, 0.1) is 26.7 Å². The van der Waals surface area contributed by atoms with E-state index in [2.05, 4.69) is 10.3 Å². The molecule has 0 bridgehead atoms. The first-order valence-electron chi connectivity index (χ1n) is 7.73. The topological polar surface area (TPSA) is 122 Å². The Kier molecular flexibility index (Phi) is 8.84. The molecule has 2 aromatic rings. The molecule has 0 spiro atoms. The smallest absolute Gasteiger partial charge is 0.744 e. The van der Waals surface area contributed by atoms with Gasteiger partial charge in [-0.05, 0) is 43.3 Å². The number of benzene rings is 2. The molecule has 14 heteroatoms. The molecule has 1 N–H and O–H groups in total. The molecule has 0 amide bonds. The van der Waals surface area contributed by atoms with Crippen LogP contribution in [0, 0.1) is 0 Å². The normalized spacial score (nSPS) is 11.9. The number of carboxylic acid groups (broad SMARTS) is 1.